The summed E-state index contributed by atoms with van der Waals surface area (Å²) in [6.45, 7) is 1.22. The van der Waals surface area contributed by atoms with E-state index < -0.39 is 24.5 Å². The number of aryl methyl sites for hydroxylation is 1. The van der Waals surface area contributed by atoms with Gasteiger partial charge in [0.1, 0.15) is 0 Å². The zero-order valence-electron chi connectivity index (χ0n) is 9.11. The maximum absolute atomic E-state index is 11.8. The molecule has 0 bridgehead atoms. The zero-order valence-corrected chi connectivity index (χ0v) is 11.3. The molecule has 5 nitrogen and oxygen atoms in total. The van der Waals surface area contributed by atoms with E-state index >= 15 is 0 Å². The van der Waals surface area contributed by atoms with Crippen molar-refractivity contribution < 1.29 is 19.8 Å². The minimum atomic E-state index is -1.28. The molecule has 0 aliphatic heterocycles. The van der Waals surface area contributed by atoms with Gasteiger partial charge in [-0.25, -0.2) is 4.79 Å². The molecule has 0 spiro atoms. The van der Waals surface area contributed by atoms with Gasteiger partial charge in [0.05, 0.1) is 12.2 Å². The molecule has 1 atom stereocenters. The largest absolute Gasteiger partial charge is 0.480 e. The van der Waals surface area contributed by atoms with Gasteiger partial charge >= 0.3 is 5.97 Å². The van der Waals surface area contributed by atoms with E-state index in [2.05, 4.69) is 5.32 Å². The summed E-state index contributed by atoms with van der Waals surface area (Å²) >= 11 is 2.03. The fourth-order valence-corrected chi connectivity index (χ4v) is 1.85. The number of carbonyl (C=O) groups is 2. The van der Waals surface area contributed by atoms with E-state index in [1.165, 1.54) is 0 Å². The molecular weight excluding hydrogens is 337 g/mol. The highest BCUT2D eigenvalue weighted by Crippen LogP contribution is 2.16. The van der Waals surface area contributed by atoms with Gasteiger partial charge in [-0.1, -0.05) is 12.1 Å². The summed E-state index contributed by atoms with van der Waals surface area (Å²) < 4.78 is 0.768. The third-order valence-electron chi connectivity index (χ3n) is 2.22. The number of nitrogens with one attached hydrogen (secondary N) is 1. The predicted octanol–water partition coefficient (Wildman–Crippen LogP) is 0.775. The lowest BCUT2D eigenvalue weighted by Crippen LogP contribution is -2.43. The van der Waals surface area contributed by atoms with Gasteiger partial charge in [-0.2, -0.15) is 0 Å². The molecular formula is C11H12INO4. The van der Waals surface area contributed by atoms with Crippen LogP contribution in [0.5, 0.6) is 0 Å². The van der Waals surface area contributed by atoms with Crippen LogP contribution in [0.2, 0.25) is 0 Å². The molecule has 0 heterocycles. The van der Waals surface area contributed by atoms with Crippen molar-refractivity contribution in [3.63, 3.8) is 0 Å². The second-order valence-corrected chi connectivity index (χ2v) is 4.56. The summed E-state index contributed by atoms with van der Waals surface area (Å²) in [7, 11) is 0. The molecule has 0 unspecified atom stereocenters. The Hall–Kier alpha value is -1.15. The molecule has 1 aromatic carbocycles. The first kappa shape index (κ1) is 13.9. The Labute approximate surface area is 112 Å². The van der Waals surface area contributed by atoms with E-state index in [1.54, 1.807) is 12.1 Å². The second kappa shape index (κ2) is 5.97. The molecule has 3 N–H and O–H groups in total. The monoisotopic (exact) mass is 349 g/mol. The number of hydrogen-bond donors (Lipinski definition) is 3. The number of carbonyl (C=O) groups excluding carboxylic acids is 1. The Morgan fingerprint density at radius 1 is 1.47 bits per heavy atom. The second-order valence-electron chi connectivity index (χ2n) is 3.48. The first-order valence-electron chi connectivity index (χ1n) is 4.87. The van der Waals surface area contributed by atoms with Crippen molar-refractivity contribution in [1.82, 2.24) is 5.32 Å². The van der Waals surface area contributed by atoms with Gasteiger partial charge in [0, 0.05) is 3.57 Å². The molecule has 1 aromatic rings. The lowest BCUT2D eigenvalue weighted by atomic mass is 10.1. The molecule has 92 valence electrons. The van der Waals surface area contributed by atoms with Crippen molar-refractivity contribution in [2.24, 2.45) is 0 Å². The van der Waals surface area contributed by atoms with Crippen LogP contribution in [0.25, 0.3) is 0 Å². The van der Waals surface area contributed by atoms with Crippen molar-refractivity contribution in [3.8, 4) is 0 Å². The molecule has 0 aliphatic rings. The first-order chi connectivity index (χ1) is 7.97. The number of amides is 1. The van der Waals surface area contributed by atoms with Gasteiger partial charge in [0.15, 0.2) is 6.04 Å². The average Bonchev–Trinajstić information content (AvgIpc) is 2.28. The van der Waals surface area contributed by atoms with Crippen LogP contribution in [-0.2, 0) is 4.79 Å². The minimum Gasteiger partial charge on any atom is -0.480 e. The van der Waals surface area contributed by atoms with Crippen LogP contribution in [0.3, 0.4) is 0 Å². The van der Waals surface area contributed by atoms with Crippen molar-refractivity contribution in [2.75, 3.05) is 6.61 Å². The van der Waals surface area contributed by atoms with E-state index in [1.807, 2.05) is 35.6 Å². The molecule has 6 heteroatoms. The van der Waals surface area contributed by atoms with Crippen LogP contribution < -0.4 is 5.32 Å². The van der Waals surface area contributed by atoms with Gasteiger partial charge < -0.3 is 15.5 Å². The summed E-state index contributed by atoms with van der Waals surface area (Å²) in [5.41, 5.74) is 1.35. The summed E-state index contributed by atoms with van der Waals surface area (Å²) in [5, 5.41) is 19.8. The highest BCUT2D eigenvalue weighted by atomic mass is 127. The lowest BCUT2D eigenvalue weighted by Gasteiger charge is -2.13. The Kier molecular flexibility index (Phi) is 4.88. The molecule has 0 aliphatic carbocycles. The number of rotatable bonds is 4. The molecule has 0 saturated heterocycles. The van der Waals surface area contributed by atoms with E-state index in [0.717, 1.165) is 9.13 Å². The van der Waals surface area contributed by atoms with Gasteiger partial charge in [0.2, 0.25) is 0 Å². The Morgan fingerprint density at radius 2 is 2.12 bits per heavy atom. The van der Waals surface area contributed by atoms with Crippen LogP contribution in [0, 0.1) is 10.5 Å². The maximum Gasteiger partial charge on any atom is 0.328 e. The highest BCUT2D eigenvalue weighted by molar-refractivity contribution is 14.1. The predicted molar refractivity (Wildman–Crippen MR) is 69.9 cm³/mol. The smallest absolute Gasteiger partial charge is 0.328 e. The number of aliphatic hydroxyl groups excluding tert-OH is 1. The summed E-state index contributed by atoms with van der Waals surface area (Å²) in [6, 6.07) is 3.92. The maximum atomic E-state index is 11.8. The molecule has 1 rings (SSSR count). The van der Waals surface area contributed by atoms with Gasteiger partial charge in [0.25, 0.3) is 5.91 Å². The lowest BCUT2D eigenvalue weighted by molar-refractivity contribution is -0.140. The number of hydrogen-bond acceptors (Lipinski definition) is 3. The summed E-state index contributed by atoms with van der Waals surface area (Å²) in [5.74, 6) is -1.76. The average molecular weight is 349 g/mol. The molecule has 0 fully saturated rings. The van der Waals surface area contributed by atoms with Crippen molar-refractivity contribution in [3.05, 3.63) is 32.9 Å². The third kappa shape index (κ3) is 3.40. The fourth-order valence-electron chi connectivity index (χ4n) is 1.24. The standard InChI is InChI=1S/C11H12INO4/c1-6-3-2-4-7(9(6)12)10(15)13-8(5-14)11(16)17/h2-4,8,14H,5H2,1H3,(H,13,15)(H,16,17)/t8-/m0/s1. The number of carboxylic acid groups (broad SMARTS) is 1. The molecule has 0 saturated carbocycles. The Balaban J connectivity index is 2.90. The number of aliphatic hydroxyl groups is 1. The minimum absolute atomic E-state index is 0.408. The summed E-state index contributed by atoms with van der Waals surface area (Å²) in [4.78, 5) is 22.5. The van der Waals surface area contributed by atoms with Gasteiger partial charge in [-0.15, -0.1) is 0 Å². The SMILES string of the molecule is Cc1cccc(C(=O)N[C@@H](CO)C(=O)O)c1I. The highest BCUT2D eigenvalue weighted by Gasteiger charge is 2.20. The number of carboxylic acids is 1. The number of aliphatic carboxylic acids is 1. The van der Waals surface area contributed by atoms with Gasteiger partial charge in [-0.05, 0) is 41.1 Å². The van der Waals surface area contributed by atoms with Crippen LogP contribution in [0.1, 0.15) is 15.9 Å². The molecule has 17 heavy (non-hydrogen) atoms. The van der Waals surface area contributed by atoms with Crippen LogP contribution >= 0.6 is 22.6 Å². The third-order valence-corrected chi connectivity index (χ3v) is 3.65. The quantitative estimate of drug-likeness (QED) is 0.701. The normalized spacial score (nSPS) is 11.9. The summed E-state index contributed by atoms with van der Waals surface area (Å²) in [6.07, 6.45) is 0. The van der Waals surface area contributed by atoms with Crippen molar-refractivity contribution in [1.29, 1.82) is 0 Å². The van der Waals surface area contributed by atoms with E-state index in [4.69, 9.17) is 10.2 Å². The topological polar surface area (TPSA) is 86.6 Å². The van der Waals surface area contributed by atoms with Crippen molar-refractivity contribution in [2.45, 2.75) is 13.0 Å². The Bertz CT molecular complexity index is 447. The van der Waals surface area contributed by atoms with Crippen LogP contribution in [-0.4, -0.2) is 34.7 Å². The van der Waals surface area contributed by atoms with Gasteiger partial charge in [-0.3, -0.25) is 4.79 Å². The number of halogens is 1. The van der Waals surface area contributed by atoms with E-state index in [-0.39, 0.29) is 0 Å². The Morgan fingerprint density at radius 3 is 2.65 bits per heavy atom. The number of benzene rings is 1. The van der Waals surface area contributed by atoms with Crippen molar-refractivity contribution >= 4 is 34.5 Å². The van der Waals surface area contributed by atoms with Crippen LogP contribution in [0.4, 0.5) is 0 Å². The van der Waals surface area contributed by atoms with E-state index in [9.17, 15) is 9.59 Å². The zero-order chi connectivity index (χ0) is 13.0. The molecule has 0 radical (unpaired) electrons. The fraction of sp³-hybridized carbons (Fsp3) is 0.273. The van der Waals surface area contributed by atoms with Crippen LogP contribution in [0.15, 0.2) is 18.2 Å². The first-order valence-corrected chi connectivity index (χ1v) is 5.95. The molecule has 1 amide bonds. The molecule has 0 aromatic heterocycles. The van der Waals surface area contributed by atoms with E-state index in [0.29, 0.717) is 5.56 Å².